The van der Waals surface area contributed by atoms with Crippen molar-refractivity contribution in [2.24, 2.45) is 0 Å². The van der Waals surface area contributed by atoms with Crippen LogP contribution in [0.5, 0.6) is 23.0 Å². The summed E-state index contributed by atoms with van der Waals surface area (Å²) in [5, 5.41) is 6.72. The molecule has 4 aromatic rings. The summed E-state index contributed by atoms with van der Waals surface area (Å²) < 4.78 is 41.7. The third kappa shape index (κ3) is 10.2. The van der Waals surface area contributed by atoms with Crippen LogP contribution in [-0.4, -0.2) is 74.0 Å². The summed E-state index contributed by atoms with van der Waals surface area (Å²) in [4.78, 5) is 27.7. The predicted octanol–water partition coefficient (Wildman–Crippen LogP) is 7.47. The molecule has 3 aromatic carbocycles. The normalized spacial score (nSPS) is 13.6. The van der Waals surface area contributed by atoms with Crippen molar-refractivity contribution in [3.63, 3.8) is 0 Å². The summed E-state index contributed by atoms with van der Waals surface area (Å²) in [6.07, 6.45) is 3.53. The van der Waals surface area contributed by atoms with E-state index in [1.807, 2.05) is 6.07 Å². The summed E-state index contributed by atoms with van der Waals surface area (Å²) in [5.74, 6) is 2.19. The van der Waals surface area contributed by atoms with Gasteiger partial charge in [-0.1, -0.05) is 0 Å². The van der Waals surface area contributed by atoms with Crippen LogP contribution in [-0.2, 0) is 9.59 Å². The van der Waals surface area contributed by atoms with Gasteiger partial charge in [0, 0.05) is 60.1 Å². The molecule has 0 atom stereocenters. The minimum absolute atomic E-state index is 0.00257. The summed E-state index contributed by atoms with van der Waals surface area (Å²) in [5.41, 5.74) is 2.18. The highest BCUT2D eigenvalue weighted by molar-refractivity contribution is 7.13. The second-order valence-electron chi connectivity index (χ2n) is 11.7. The number of fused-ring (bicyclic) bond motifs is 1. The van der Waals surface area contributed by atoms with Crippen molar-refractivity contribution in [3.8, 4) is 23.0 Å². The number of methoxy groups -OCH3 is 2. The number of carbonyl (C=O) groups is 2. The standard InChI is InChI=1S/C36H42ClFN4O6S/c1-45-29-9-6-26(22-31(29)47-19-3-15-37)39-34(43)11-12-35(44)40-27-7-10-30(46-2)32(23-27)48-20-4-16-42-17-13-24(14-18-42)36-28-8-5-25(38)21-33(28)49-41-36/h5-10,21-24H,3-4,11-20H2,1-2H3,(H,39,43)(H,40,44). The first-order chi connectivity index (χ1) is 23.9. The average Bonchev–Trinajstić information content (AvgIpc) is 3.53. The van der Waals surface area contributed by atoms with E-state index in [0.29, 0.717) is 65.8 Å². The summed E-state index contributed by atoms with van der Waals surface area (Å²) >= 11 is 7.10. The van der Waals surface area contributed by atoms with Gasteiger partial charge in [-0.05, 0) is 92.8 Å². The van der Waals surface area contributed by atoms with Gasteiger partial charge in [0.05, 0.1) is 37.8 Å². The smallest absolute Gasteiger partial charge is 0.224 e. The average molecular weight is 713 g/mol. The molecule has 1 fully saturated rings. The number of amides is 2. The van der Waals surface area contributed by atoms with Crippen LogP contribution in [0.3, 0.4) is 0 Å². The largest absolute Gasteiger partial charge is 0.493 e. The van der Waals surface area contributed by atoms with E-state index in [-0.39, 0.29) is 30.5 Å². The molecule has 0 radical (unpaired) electrons. The highest BCUT2D eigenvalue weighted by Gasteiger charge is 2.24. The van der Waals surface area contributed by atoms with E-state index in [0.717, 1.165) is 54.7 Å². The van der Waals surface area contributed by atoms with Crippen LogP contribution in [0.4, 0.5) is 15.8 Å². The van der Waals surface area contributed by atoms with Gasteiger partial charge in [0.25, 0.3) is 0 Å². The lowest BCUT2D eigenvalue weighted by atomic mass is 9.91. The topological polar surface area (TPSA) is 111 Å². The molecule has 0 unspecified atom stereocenters. The lowest BCUT2D eigenvalue weighted by Gasteiger charge is -2.31. The van der Waals surface area contributed by atoms with E-state index in [1.165, 1.54) is 17.6 Å². The van der Waals surface area contributed by atoms with Crippen molar-refractivity contribution in [3.05, 3.63) is 66.1 Å². The molecule has 0 aliphatic carbocycles. The number of hydrogen-bond acceptors (Lipinski definition) is 9. The lowest BCUT2D eigenvalue weighted by Crippen LogP contribution is -2.34. The Kier molecular flexibility index (Phi) is 13.3. The summed E-state index contributed by atoms with van der Waals surface area (Å²) in [7, 11) is 3.12. The maximum Gasteiger partial charge on any atom is 0.224 e. The molecule has 1 aromatic heterocycles. The minimum Gasteiger partial charge on any atom is -0.493 e. The zero-order valence-electron chi connectivity index (χ0n) is 27.8. The Hall–Kier alpha value is -4.13. The molecule has 5 rings (SSSR count). The maximum atomic E-state index is 13.6. The molecule has 2 amide bonds. The first kappa shape index (κ1) is 36.2. The molecule has 0 saturated carbocycles. The number of nitrogens with one attached hydrogen (secondary N) is 2. The number of hydrogen-bond donors (Lipinski definition) is 2. The lowest BCUT2D eigenvalue weighted by molar-refractivity contribution is -0.121. The van der Waals surface area contributed by atoms with Gasteiger partial charge in [-0.25, -0.2) is 4.39 Å². The molecule has 262 valence electrons. The molecule has 2 heterocycles. The van der Waals surface area contributed by atoms with Crippen LogP contribution in [0, 0.1) is 5.82 Å². The molecule has 1 aliphatic heterocycles. The highest BCUT2D eigenvalue weighted by Crippen LogP contribution is 2.35. The van der Waals surface area contributed by atoms with Gasteiger partial charge >= 0.3 is 0 Å². The van der Waals surface area contributed by atoms with Crippen molar-refractivity contribution < 1.29 is 32.9 Å². The third-order valence-corrected chi connectivity index (χ3v) is 9.41. The van der Waals surface area contributed by atoms with Gasteiger partial charge in [0.2, 0.25) is 11.8 Å². The Balaban J connectivity index is 1.03. The number of piperidine rings is 1. The summed E-state index contributed by atoms with van der Waals surface area (Å²) in [6.45, 7) is 3.75. The molecule has 1 saturated heterocycles. The Labute approximate surface area is 295 Å². The monoisotopic (exact) mass is 712 g/mol. The first-order valence-corrected chi connectivity index (χ1v) is 17.7. The van der Waals surface area contributed by atoms with E-state index in [4.69, 9.17) is 30.5 Å². The van der Waals surface area contributed by atoms with Crippen molar-refractivity contribution >= 4 is 56.4 Å². The fraction of sp³-hybridized carbons (Fsp3) is 0.417. The predicted molar refractivity (Wildman–Crippen MR) is 191 cm³/mol. The first-order valence-electron chi connectivity index (χ1n) is 16.4. The number of rotatable bonds is 17. The minimum atomic E-state index is -0.302. The number of benzene rings is 3. The molecule has 2 N–H and O–H groups in total. The number of alkyl halides is 1. The molecular weight excluding hydrogens is 671 g/mol. The van der Waals surface area contributed by atoms with Crippen molar-refractivity contribution in [2.45, 2.75) is 44.4 Å². The van der Waals surface area contributed by atoms with E-state index < -0.39 is 0 Å². The van der Waals surface area contributed by atoms with Gasteiger partial charge < -0.3 is 34.5 Å². The Bertz CT molecular complexity index is 1710. The molecule has 0 bridgehead atoms. The fourth-order valence-electron chi connectivity index (χ4n) is 5.77. The second kappa shape index (κ2) is 18.0. The van der Waals surface area contributed by atoms with E-state index in [1.54, 1.807) is 56.7 Å². The van der Waals surface area contributed by atoms with Gasteiger partial charge in [0.15, 0.2) is 23.0 Å². The SMILES string of the molecule is COc1ccc(NC(=O)CCC(=O)Nc2ccc(OC)c(OCCCN3CCC(c4nsc5cc(F)ccc45)CC3)c2)cc1OCCCCl. The highest BCUT2D eigenvalue weighted by atomic mass is 35.5. The zero-order chi connectivity index (χ0) is 34.6. The third-order valence-electron chi connectivity index (χ3n) is 8.32. The number of aromatic nitrogens is 1. The van der Waals surface area contributed by atoms with Crippen LogP contribution >= 0.6 is 23.1 Å². The van der Waals surface area contributed by atoms with Crippen LogP contribution in [0.2, 0.25) is 0 Å². The molecule has 1 aliphatic rings. The molecular formula is C36H42ClFN4O6S. The Morgan fingerprint density at radius 1 is 0.857 bits per heavy atom. The van der Waals surface area contributed by atoms with Crippen LogP contribution in [0.15, 0.2) is 54.6 Å². The number of likely N-dealkylation sites (tertiary alicyclic amines) is 1. The zero-order valence-corrected chi connectivity index (χ0v) is 29.3. The number of ether oxygens (including phenoxy) is 4. The van der Waals surface area contributed by atoms with E-state index >= 15 is 0 Å². The number of nitrogens with zero attached hydrogens (tertiary/aromatic N) is 2. The molecule has 0 spiro atoms. The van der Waals surface area contributed by atoms with E-state index in [2.05, 4.69) is 19.9 Å². The number of halogens is 2. The summed E-state index contributed by atoms with van der Waals surface area (Å²) in [6, 6.07) is 15.2. The van der Waals surface area contributed by atoms with Gasteiger partial charge in [-0.15, -0.1) is 11.6 Å². The van der Waals surface area contributed by atoms with Crippen LogP contribution in [0.1, 0.15) is 50.1 Å². The fourth-order valence-corrected chi connectivity index (χ4v) is 6.76. The van der Waals surface area contributed by atoms with Crippen molar-refractivity contribution in [1.29, 1.82) is 0 Å². The van der Waals surface area contributed by atoms with E-state index in [9.17, 15) is 14.0 Å². The van der Waals surface area contributed by atoms with Gasteiger partial charge in [-0.2, -0.15) is 4.37 Å². The molecule has 13 heteroatoms. The number of anilines is 2. The van der Waals surface area contributed by atoms with Crippen molar-refractivity contribution in [2.75, 3.05) is 63.6 Å². The second-order valence-corrected chi connectivity index (χ2v) is 12.9. The van der Waals surface area contributed by atoms with Crippen molar-refractivity contribution in [1.82, 2.24) is 9.27 Å². The number of carbonyl (C=O) groups excluding carboxylic acids is 2. The molecule has 49 heavy (non-hydrogen) atoms. The van der Waals surface area contributed by atoms with Crippen LogP contribution in [0.25, 0.3) is 10.1 Å². The van der Waals surface area contributed by atoms with Gasteiger partial charge in [-0.3, -0.25) is 9.59 Å². The Morgan fingerprint density at radius 2 is 1.45 bits per heavy atom. The quantitative estimate of drug-likeness (QED) is 0.0858. The molecule has 10 nitrogen and oxygen atoms in total. The Morgan fingerprint density at radius 3 is 2.02 bits per heavy atom. The van der Waals surface area contributed by atoms with Gasteiger partial charge in [0.1, 0.15) is 5.82 Å². The van der Waals surface area contributed by atoms with Crippen LogP contribution < -0.4 is 29.6 Å². The maximum absolute atomic E-state index is 13.6.